The van der Waals surface area contributed by atoms with Crippen LogP contribution in [0.5, 0.6) is 0 Å². The van der Waals surface area contributed by atoms with Gasteiger partial charge in [0.2, 0.25) is 0 Å². The van der Waals surface area contributed by atoms with Gasteiger partial charge in [0.05, 0.1) is 15.7 Å². The molecule has 1 heterocycles. The number of hydrogen-bond acceptors (Lipinski definition) is 2. The molecule has 0 saturated heterocycles. The highest BCUT2D eigenvalue weighted by molar-refractivity contribution is 14.1. The molecular formula is C8H6INS. The van der Waals surface area contributed by atoms with E-state index < -0.39 is 0 Å². The molecule has 56 valence electrons. The number of benzene rings is 1. The van der Waals surface area contributed by atoms with Crippen molar-refractivity contribution in [1.29, 1.82) is 0 Å². The van der Waals surface area contributed by atoms with Crippen LogP contribution in [0.1, 0.15) is 5.56 Å². The zero-order valence-electron chi connectivity index (χ0n) is 5.75. The summed E-state index contributed by atoms with van der Waals surface area (Å²) in [4.78, 5) is 4.21. The summed E-state index contributed by atoms with van der Waals surface area (Å²) < 4.78 is 2.37. The normalized spacial score (nSPS) is 10.6. The van der Waals surface area contributed by atoms with E-state index in [4.69, 9.17) is 0 Å². The molecule has 0 N–H and O–H groups in total. The van der Waals surface area contributed by atoms with Crippen LogP contribution in [0, 0.1) is 0 Å². The van der Waals surface area contributed by atoms with E-state index in [1.807, 2.05) is 5.51 Å². The molecule has 0 aliphatic rings. The van der Waals surface area contributed by atoms with Crippen molar-refractivity contribution in [2.24, 2.45) is 0 Å². The van der Waals surface area contributed by atoms with E-state index in [1.54, 1.807) is 11.3 Å². The third-order valence-electron chi connectivity index (χ3n) is 1.55. The average Bonchev–Trinajstić information content (AvgIpc) is 2.50. The van der Waals surface area contributed by atoms with E-state index in [0.29, 0.717) is 0 Å². The van der Waals surface area contributed by atoms with E-state index in [9.17, 15) is 0 Å². The average molecular weight is 275 g/mol. The van der Waals surface area contributed by atoms with Crippen LogP contribution in [0.2, 0.25) is 0 Å². The van der Waals surface area contributed by atoms with Crippen molar-refractivity contribution in [3.05, 3.63) is 29.3 Å². The summed E-state index contributed by atoms with van der Waals surface area (Å²) in [5, 5.41) is 0. The van der Waals surface area contributed by atoms with E-state index in [-0.39, 0.29) is 0 Å². The van der Waals surface area contributed by atoms with E-state index >= 15 is 0 Å². The van der Waals surface area contributed by atoms with Crippen LogP contribution in [-0.4, -0.2) is 4.98 Å². The third kappa shape index (κ3) is 1.39. The molecule has 1 aromatic heterocycles. The standard InChI is InChI=1S/C8H6INS/c9-4-6-1-2-7-8(3-6)11-5-10-7/h1-3,5H,4H2. The fraction of sp³-hybridized carbons (Fsp3) is 0.125. The Hall–Kier alpha value is -0.160. The van der Waals surface area contributed by atoms with Crippen molar-refractivity contribution in [2.75, 3.05) is 0 Å². The SMILES string of the molecule is ICc1ccc2ncsc2c1. The summed E-state index contributed by atoms with van der Waals surface area (Å²) in [5.74, 6) is 0. The van der Waals surface area contributed by atoms with Crippen molar-refractivity contribution in [3.63, 3.8) is 0 Å². The van der Waals surface area contributed by atoms with Gasteiger partial charge in [0.25, 0.3) is 0 Å². The number of thiazole rings is 1. The summed E-state index contributed by atoms with van der Waals surface area (Å²) in [5.41, 5.74) is 4.38. The van der Waals surface area contributed by atoms with E-state index in [1.165, 1.54) is 10.3 Å². The van der Waals surface area contributed by atoms with E-state index in [2.05, 4.69) is 45.8 Å². The summed E-state index contributed by atoms with van der Waals surface area (Å²) >= 11 is 4.07. The molecule has 0 fully saturated rings. The fourth-order valence-electron chi connectivity index (χ4n) is 0.983. The summed E-state index contributed by atoms with van der Waals surface area (Å²) in [6, 6.07) is 6.42. The van der Waals surface area contributed by atoms with Gasteiger partial charge in [0, 0.05) is 4.43 Å². The summed E-state index contributed by atoms with van der Waals surface area (Å²) in [6.07, 6.45) is 0. The molecule has 0 radical (unpaired) electrons. The van der Waals surface area contributed by atoms with Crippen LogP contribution in [0.25, 0.3) is 10.2 Å². The number of rotatable bonds is 1. The van der Waals surface area contributed by atoms with Gasteiger partial charge in [0.15, 0.2) is 0 Å². The lowest BCUT2D eigenvalue weighted by molar-refractivity contribution is 1.45. The van der Waals surface area contributed by atoms with Crippen LogP contribution in [0.3, 0.4) is 0 Å². The Morgan fingerprint density at radius 1 is 1.45 bits per heavy atom. The molecule has 2 rings (SSSR count). The van der Waals surface area contributed by atoms with Gasteiger partial charge < -0.3 is 0 Å². The van der Waals surface area contributed by atoms with Crippen LogP contribution < -0.4 is 0 Å². The minimum atomic E-state index is 1.08. The molecule has 11 heavy (non-hydrogen) atoms. The second kappa shape index (κ2) is 3.06. The largest absolute Gasteiger partial charge is 0.245 e. The van der Waals surface area contributed by atoms with Crippen molar-refractivity contribution in [1.82, 2.24) is 4.98 Å². The smallest absolute Gasteiger partial charge is 0.0812 e. The van der Waals surface area contributed by atoms with Crippen LogP contribution in [0.15, 0.2) is 23.7 Å². The summed E-state index contributed by atoms with van der Waals surface area (Å²) in [7, 11) is 0. The maximum Gasteiger partial charge on any atom is 0.0812 e. The first-order chi connectivity index (χ1) is 5.40. The fourth-order valence-corrected chi connectivity index (χ4v) is 2.20. The van der Waals surface area contributed by atoms with Crippen molar-refractivity contribution >= 4 is 44.1 Å². The molecule has 0 amide bonds. The number of fused-ring (bicyclic) bond motifs is 1. The zero-order valence-corrected chi connectivity index (χ0v) is 8.72. The second-order valence-electron chi connectivity index (χ2n) is 2.29. The lowest BCUT2D eigenvalue weighted by Crippen LogP contribution is -1.74. The van der Waals surface area contributed by atoms with Gasteiger partial charge in [-0.25, -0.2) is 4.98 Å². The quantitative estimate of drug-likeness (QED) is 0.575. The number of halogens is 1. The van der Waals surface area contributed by atoms with Crippen molar-refractivity contribution in [2.45, 2.75) is 4.43 Å². The molecule has 1 aromatic carbocycles. The van der Waals surface area contributed by atoms with Gasteiger partial charge in [-0.1, -0.05) is 28.7 Å². The first kappa shape index (κ1) is 7.49. The minimum absolute atomic E-state index is 1.08. The van der Waals surface area contributed by atoms with Gasteiger partial charge in [-0.3, -0.25) is 0 Å². The van der Waals surface area contributed by atoms with Gasteiger partial charge >= 0.3 is 0 Å². The minimum Gasteiger partial charge on any atom is -0.245 e. The molecule has 0 atom stereocenters. The highest BCUT2D eigenvalue weighted by atomic mass is 127. The predicted molar refractivity (Wildman–Crippen MR) is 57.3 cm³/mol. The van der Waals surface area contributed by atoms with Gasteiger partial charge in [-0.2, -0.15) is 0 Å². The Kier molecular flexibility index (Phi) is 2.09. The first-order valence-electron chi connectivity index (χ1n) is 3.28. The Balaban J connectivity index is 2.67. The van der Waals surface area contributed by atoms with Crippen LogP contribution >= 0.6 is 33.9 Å². The molecule has 0 unspecified atom stereocenters. The summed E-state index contributed by atoms with van der Waals surface area (Å²) in [6.45, 7) is 0. The van der Waals surface area contributed by atoms with Gasteiger partial charge in [-0.15, -0.1) is 11.3 Å². The highest BCUT2D eigenvalue weighted by Crippen LogP contribution is 2.20. The Bertz CT molecular complexity index is 369. The zero-order chi connectivity index (χ0) is 7.68. The predicted octanol–water partition coefficient (Wildman–Crippen LogP) is 3.23. The molecule has 0 saturated carbocycles. The Labute approximate surface area is 82.6 Å². The molecule has 0 spiro atoms. The monoisotopic (exact) mass is 275 g/mol. The lowest BCUT2D eigenvalue weighted by Gasteiger charge is -1.92. The maximum absolute atomic E-state index is 4.21. The lowest BCUT2D eigenvalue weighted by atomic mass is 10.2. The molecule has 3 heteroatoms. The molecular weight excluding hydrogens is 269 g/mol. The highest BCUT2D eigenvalue weighted by Gasteiger charge is 1.96. The second-order valence-corrected chi connectivity index (χ2v) is 3.94. The third-order valence-corrected chi connectivity index (χ3v) is 3.22. The number of hydrogen-bond donors (Lipinski definition) is 0. The molecule has 0 aliphatic carbocycles. The molecule has 2 aromatic rings. The van der Waals surface area contributed by atoms with Crippen LogP contribution in [0.4, 0.5) is 0 Å². The number of alkyl halides is 1. The van der Waals surface area contributed by atoms with Gasteiger partial charge in [-0.05, 0) is 17.7 Å². The van der Waals surface area contributed by atoms with Crippen molar-refractivity contribution in [3.8, 4) is 0 Å². The van der Waals surface area contributed by atoms with Gasteiger partial charge in [0.1, 0.15) is 0 Å². The van der Waals surface area contributed by atoms with Crippen molar-refractivity contribution < 1.29 is 0 Å². The molecule has 0 bridgehead atoms. The number of nitrogens with zero attached hydrogens (tertiary/aromatic N) is 1. The van der Waals surface area contributed by atoms with E-state index in [0.717, 1.165) is 9.94 Å². The van der Waals surface area contributed by atoms with Crippen LogP contribution in [-0.2, 0) is 4.43 Å². The Morgan fingerprint density at radius 3 is 3.18 bits per heavy atom. The Morgan fingerprint density at radius 2 is 2.36 bits per heavy atom. The number of aromatic nitrogens is 1. The molecule has 1 nitrogen and oxygen atoms in total. The first-order valence-corrected chi connectivity index (χ1v) is 5.69. The molecule has 0 aliphatic heterocycles. The topological polar surface area (TPSA) is 12.9 Å². The maximum atomic E-state index is 4.21.